The molecule has 0 aromatic carbocycles. The van der Waals surface area contributed by atoms with E-state index >= 15 is 0 Å². The molecule has 0 atom stereocenters. The first-order valence-corrected chi connectivity index (χ1v) is 4.77. The Hall–Kier alpha value is -1.42. The molecule has 1 aromatic heterocycles. The van der Waals surface area contributed by atoms with Crippen molar-refractivity contribution in [1.29, 1.82) is 0 Å². The molecule has 0 radical (unpaired) electrons. The van der Waals surface area contributed by atoms with Crippen LogP contribution in [0.3, 0.4) is 0 Å². The van der Waals surface area contributed by atoms with Crippen molar-refractivity contribution in [3.8, 4) is 5.88 Å². The van der Waals surface area contributed by atoms with Crippen molar-refractivity contribution in [3.63, 3.8) is 0 Å². The molecule has 4 nitrogen and oxygen atoms in total. The molecule has 82 valence electrons. The maximum absolute atomic E-state index is 11.2. The van der Waals surface area contributed by atoms with E-state index in [1.165, 1.54) is 7.11 Å². The summed E-state index contributed by atoms with van der Waals surface area (Å²) in [5, 5.41) is 0. The average molecular weight is 209 g/mol. The highest BCUT2D eigenvalue weighted by Gasteiger charge is 2.03. The van der Waals surface area contributed by atoms with Crippen molar-refractivity contribution in [2.75, 3.05) is 20.8 Å². The summed E-state index contributed by atoms with van der Waals surface area (Å²) in [6.07, 6.45) is 1.08. The molecule has 15 heavy (non-hydrogen) atoms. The van der Waals surface area contributed by atoms with Crippen molar-refractivity contribution in [2.45, 2.75) is 12.8 Å². The number of hydrogen-bond acceptors (Lipinski definition) is 4. The van der Waals surface area contributed by atoms with Gasteiger partial charge in [0.15, 0.2) is 5.78 Å². The summed E-state index contributed by atoms with van der Waals surface area (Å²) in [5.74, 6) is 0.661. The van der Waals surface area contributed by atoms with E-state index in [0.717, 1.165) is 5.69 Å². The smallest absolute Gasteiger partial charge is 0.213 e. The van der Waals surface area contributed by atoms with Gasteiger partial charge in [-0.2, -0.15) is 0 Å². The van der Waals surface area contributed by atoms with Crippen LogP contribution in [0.5, 0.6) is 5.88 Å². The molecule has 0 spiro atoms. The minimum atomic E-state index is 0.0853. The monoisotopic (exact) mass is 209 g/mol. The second kappa shape index (κ2) is 6.14. The molecule has 0 unspecified atom stereocenters. The fourth-order valence-corrected chi connectivity index (χ4v) is 1.21. The van der Waals surface area contributed by atoms with Crippen LogP contribution in [-0.4, -0.2) is 31.6 Å². The first kappa shape index (κ1) is 11.7. The van der Waals surface area contributed by atoms with E-state index in [1.807, 2.05) is 12.1 Å². The predicted molar refractivity (Wildman–Crippen MR) is 56.0 cm³/mol. The third kappa shape index (κ3) is 4.08. The van der Waals surface area contributed by atoms with Gasteiger partial charge in [-0.15, -0.1) is 0 Å². The second-order valence-corrected chi connectivity index (χ2v) is 3.14. The van der Waals surface area contributed by atoms with Crippen molar-refractivity contribution < 1.29 is 14.3 Å². The Morgan fingerprint density at radius 1 is 1.40 bits per heavy atom. The molecule has 0 aliphatic rings. The van der Waals surface area contributed by atoms with E-state index in [9.17, 15) is 4.79 Å². The minimum absolute atomic E-state index is 0.0853. The van der Waals surface area contributed by atoms with Crippen LogP contribution in [0.4, 0.5) is 0 Å². The van der Waals surface area contributed by atoms with Crippen molar-refractivity contribution in [3.05, 3.63) is 23.9 Å². The van der Waals surface area contributed by atoms with Crippen LogP contribution in [0.2, 0.25) is 0 Å². The van der Waals surface area contributed by atoms with Gasteiger partial charge in [0.2, 0.25) is 5.88 Å². The summed E-state index contributed by atoms with van der Waals surface area (Å²) in [5.41, 5.74) is 0.860. The summed E-state index contributed by atoms with van der Waals surface area (Å²) in [4.78, 5) is 15.4. The molecule has 1 rings (SSSR count). The zero-order chi connectivity index (χ0) is 11.1. The minimum Gasteiger partial charge on any atom is -0.481 e. The number of carbonyl (C=O) groups is 1. The van der Waals surface area contributed by atoms with Gasteiger partial charge in [-0.1, -0.05) is 6.07 Å². The third-order valence-corrected chi connectivity index (χ3v) is 1.96. The van der Waals surface area contributed by atoms with Gasteiger partial charge < -0.3 is 9.47 Å². The largest absolute Gasteiger partial charge is 0.481 e. The Kier molecular flexibility index (Phi) is 4.77. The van der Waals surface area contributed by atoms with Gasteiger partial charge in [-0.3, -0.25) is 4.79 Å². The Balaban J connectivity index is 2.46. The molecular weight excluding hydrogens is 194 g/mol. The highest BCUT2D eigenvalue weighted by atomic mass is 16.5. The number of aryl methyl sites for hydroxylation is 1. The van der Waals surface area contributed by atoms with Crippen molar-refractivity contribution >= 4 is 5.78 Å². The number of carbonyl (C=O) groups excluding carboxylic acids is 1. The number of nitrogens with zero attached hydrogens (tertiary/aromatic N) is 1. The fourth-order valence-electron chi connectivity index (χ4n) is 1.21. The van der Waals surface area contributed by atoms with E-state index in [1.54, 1.807) is 13.2 Å². The second-order valence-electron chi connectivity index (χ2n) is 3.14. The van der Waals surface area contributed by atoms with E-state index in [4.69, 9.17) is 9.47 Å². The number of pyridine rings is 1. The number of ketones is 1. The molecule has 0 aliphatic heterocycles. The summed E-state index contributed by atoms with van der Waals surface area (Å²) in [6.45, 7) is 0.171. The fraction of sp³-hybridized carbons (Fsp3) is 0.455. The zero-order valence-electron chi connectivity index (χ0n) is 9.03. The molecule has 0 bridgehead atoms. The van der Waals surface area contributed by atoms with Crippen LogP contribution >= 0.6 is 0 Å². The molecule has 0 aliphatic carbocycles. The average Bonchev–Trinajstić information content (AvgIpc) is 2.27. The first-order chi connectivity index (χ1) is 7.26. The molecule has 0 fully saturated rings. The summed E-state index contributed by atoms with van der Waals surface area (Å²) in [6, 6.07) is 5.52. The molecular formula is C11H15NO3. The molecule has 1 heterocycles. The van der Waals surface area contributed by atoms with Gasteiger partial charge in [0.05, 0.1) is 7.11 Å². The number of rotatable bonds is 6. The first-order valence-electron chi connectivity index (χ1n) is 4.77. The zero-order valence-corrected chi connectivity index (χ0v) is 9.03. The highest BCUT2D eigenvalue weighted by molar-refractivity contribution is 5.79. The highest BCUT2D eigenvalue weighted by Crippen LogP contribution is 2.08. The molecule has 4 heteroatoms. The van der Waals surface area contributed by atoms with Crippen molar-refractivity contribution in [2.24, 2.45) is 0 Å². The molecule has 1 aromatic rings. The number of methoxy groups -OCH3 is 2. The van der Waals surface area contributed by atoms with Crippen LogP contribution < -0.4 is 4.74 Å². The lowest BCUT2D eigenvalue weighted by molar-refractivity contribution is -0.122. The Morgan fingerprint density at radius 3 is 2.87 bits per heavy atom. The van der Waals surface area contributed by atoms with Crippen LogP contribution in [0.15, 0.2) is 18.2 Å². The molecule has 0 saturated carbocycles. The summed E-state index contributed by atoms with van der Waals surface area (Å²) >= 11 is 0. The Bertz CT molecular complexity index is 325. The Labute approximate surface area is 89.2 Å². The SMILES string of the molecule is COCC(=O)CCc1cccc(OC)n1. The number of hydrogen-bond donors (Lipinski definition) is 0. The number of Topliss-reactive ketones (excluding diaryl/α,β-unsaturated/α-hetero) is 1. The van der Waals surface area contributed by atoms with Gasteiger partial charge in [-0.25, -0.2) is 4.98 Å². The standard InChI is InChI=1S/C11H15NO3/c1-14-8-10(13)7-6-9-4-3-5-11(12-9)15-2/h3-5H,6-8H2,1-2H3. The molecule has 0 amide bonds. The molecule has 0 saturated heterocycles. The van der Waals surface area contributed by atoms with Crippen LogP contribution in [-0.2, 0) is 16.0 Å². The predicted octanol–water partition coefficient (Wildman–Crippen LogP) is 1.24. The van der Waals surface area contributed by atoms with Gasteiger partial charge in [0, 0.05) is 25.3 Å². The Morgan fingerprint density at radius 2 is 2.20 bits per heavy atom. The lowest BCUT2D eigenvalue weighted by Gasteiger charge is -2.02. The normalized spacial score (nSPS) is 10.0. The van der Waals surface area contributed by atoms with Crippen LogP contribution in [0.1, 0.15) is 12.1 Å². The summed E-state index contributed by atoms with van der Waals surface area (Å²) in [7, 11) is 3.09. The van der Waals surface area contributed by atoms with Crippen LogP contribution in [0.25, 0.3) is 0 Å². The lowest BCUT2D eigenvalue weighted by Crippen LogP contribution is -2.08. The lowest BCUT2D eigenvalue weighted by atomic mass is 10.1. The maximum Gasteiger partial charge on any atom is 0.213 e. The van der Waals surface area contributed by atoms with Gasteiger partial charge in [0.1, 0.15) is 6.61 Å². The van der Waals surface area contributed by atoms with Crippen molar-refractivity contribution in [1.82, 2.24) is 4.98 Å². The van der Waals surface area contributed by atoms with Crippen LogP contribution in [0, 0.1) is 0 Å². The van der Waals surface area contributed by atoms with Gasteiger partial charge in [-0.05, 0) is 12.5 Å². The van der Waals surface area contributed by atoms with Gasteiger partial charge in [0.25, 0.3) is 0 Å². The van der Waals surface area contributed by atoms with E-state index in [-0.39, 0.29) is 12.4 Å². The topological polar surface area (TPSA) is 48.4 Å². The quantitative estimate of drug-likeness (QED) is 0.707. The van der Waals surface area contributed by atoms with Gasteiger partial charge >= 0.3 is 0 Å². The summed E-state index contributed by atoms with van der Waals surface area (Å²) < 4.78 is 9.73. The van der Waals surface area contributed by atoms with E-state index < -0.39 is 0 Å². The third-order valence-electron chi connectivity index (χ3n) is 1.96. The number of ether oxygens (including phenoxy) is 2. The molecule has 0 N–H and O–H groups in total. The number of aromatic nitrogens is 1. The maximum atomic E-state index is 11.2. The van der Waals surface area contributed by atoms with E-state index in [0.29, 0.717) is 18.7 Å². The van der Waals surface area contributed by atoms with E-state index in [2.05, 4.69) is 4.98 Å².